The number of aliphatic hydroxyl groups is 1. The fourth-order valence-corrected chi connectivity index (χ4v) is 6.63. The first-order valence-corrected chi connectivity index (χ1v) is 16.9. The van der Waals surface area contributed by atoms with Crippen molar-refractivity contribution in [3.8, 4) is 5.75 Å². The molecule has 14 heteroatoms. The highest BCUT2D eigenvalue weighted by Crippen LogP contribution is 2.46. The number of esters is 1. The Balaban J connectivity index is 1.71. The van der Waals surface area contributed by atoms with Crippen molar-refractivity contribution in [3.63, 3.8) is 0 Å². The number of ether oxygens (including phenoxy) is 2. The van der Waals surface area contributed by atoms with Gasteiger partial charge in [0.15, 0.2) is 5.82 Å². The Hall–Kier alpha value is -3.25. The molecule has 45 heavy (non-hydrogen) atoms. The van der Waals surface area contributed by atoms with Crippen molar-refractivity contribution < 1.29 is 33.0 Å². The van der Waals surface area contributed by atoms with E-state index in [2.05, 4.69) is 10.1 Å². The Kier molecular flexibility index (Phi) is 11.5. The molecule has 0 aliphatic carbocycles. The van der Waals surface area contributed by atoms with Gasteiger partial charge < -0.3 is 24.8 Å². The number of aromatic nitrogens is 3. The number of para-hydroxylation sites is 1. The predicted molar refractivity (Wildman–Crippen MR) is 174 cm³/mol. The summed E-state index contributed by atoms with van der Waals surface area (Å²) >= 11 is 6.01. The van der Waals surface area contributed by atoms with E-state index >= 15 is 0 Å². The number of anilines is 1. The van der Waals surface area contributed by atoms with Crippen LogP contribution in [-0.4, -0.2) is 51.0 Å². The van der Waals surface area contributed by atoms with Crippen LogP contribution in [0.4, 0.5) is 5.82 Å². The molecule has 4 N–H and O–H groups in total. The van der Waals surface area contributed by atoms with E-state index < -0.39 is 25.5 Å². The van der Waals surface area contributed by atoms with E-state index in [-0.39, 0.29) is 37.3 Å². The summed E-state index contributed by atoms with van der Waals surface area (Å²) in [4.78, 5) is 21.8. The van der Waals surface area contributed by atoms with Crippen molar-refractivity contribution in [2.75, 3.05) is 18.9 Å². The second kappa shape index (κ2) is 14.9. The number of fused-ring (bicyclic) bond motifs is 3. The van der Waals surface area contributed by atoms with Crippen LogP contribution < -0.4 is 15.3 Å². The molecule has 2 unspecified atom stereocenters. The van der Waals surface area contributed by atoms with Gasteiger partial charge >= 0.3 is 13.7 Å². The van der Waals surface area contributed by atoms with Gasteiger partial charge in [0.05, 0.1) is 23.7 Å². The smallest absolute Gasteiger partial charge is 0.459 e. The second-order valence-electron chi connectivity index (χ2n) is 10.9. The highest BCUT2D eigenvalue weighted by molar-refractivity contribution is 7.52. The quantitative estimate of drug-likeness (QED) is 0.0910. The third-order valence-corrected chi connectivity index (χ3v) is 8.88. The van der Waals surface area contributed by atoms with Crippen LogP contribution in [0.1, 0.15) is 59.7 Å². The molecule has 0 saturated carbocycles. The van der Waals surface area contributed by atoms with E-state index in [1.165, 1.54) is 19.1 Å². The molecule has 0 aliphatic rings. The lowest BCUT2D eigenvalue weighted by molar-refractivity contribution is -0.149. The summed E-state index contributed by atoms with van der Waals surface area (Å²) in [6.45, 7) is 9.06. The molecule has 2 aromatic heterocycles. The Morgan fingerprint density at radius 2 is 1.82 bits per heavy atom. The number of hydrogen-bond acceptors (Lipinski definition) is 10. The normalized spacial score (nSPS) is 15.2. The van der Waals surface area contributed by atoms with Gasteiger partial charge in [-0.1, -0.05) is 43.1 Å². The molecule has 0 radical (unpaired) electrons. The molecule has 0 bridgehead atoms. The molecule has 0 spiro atoms. The fourth-order valence-electron chi connectivity index (χ4n) is 5.01. The van der Waals surface area contributed by atoms with E-state index in [0.29, 0.717) is 46.8 Å². The molecule has 2 aromatic carbocycles. The molecular formula is C31H41ClN5O7P. The maximum absolute atomic E-state index is 14.1. The van der Waals surface area contributed by atoms with Gasteiger partial charge in [-0.05, 0) is 64.4 Å². The molecule has 244 valence electrons. The van der Waals surface area contributed by atoms with E-state index in [1.807, 2.05) is 38.1 Å². The molecular weight excluding hydrogens is 621 g/mol. The number of nitrogens with one attached hydrogen (secondary N) is 1. The molecule has 4 aromatic rings. The van der Waals surface area contributed by atoms with E-state index in [4.69, 9.17) is 40.8 Å². The van der Waals surface area contributed by atoms with Crippen molar-refractivity contribution in [2.24, 2.45) is 0 Å². The minimum atomic E-state index is -4.20. The number of carbonyl (C=O) groups excluding carboxylic acids is 1. The Bertz CT molecular complexity index is 1670. The molecule has 3 atom stereocenters. The van der Waals surface area contributed by atoms with Gasteiger partial charge in [-0.3, -0.25) is 13.9 Å². The maximum atomic E-state index is 14.1. The Morgan fingerprint density at radius 3 is 2.49 bits per heavy atom. The molecule has 0 saturated heterocycles. The number of halogens is 1. The zero-order chi connectivity index (χ0) is 32.8. The summed E-state index contributed by atoms with van der Waals surface area (Å²) in [7, 11) is -4.20. The van der Waals surface area contributed by atoms with Gasteiger partial charge in [0, 0.05) is 23.4 Å². The van der Waals surface area contributed by atoms with Gasteiger partial charge in [0.1, 0.15) is 35.5 Å². The van der Waals surface area contributed by atoms with Gasteiger partial charge in [-0.15, -0.1) is 0 Å². The molecule has 0 amide bonds. The van der Waals surface area contributed by atoms with Crippen molar-refractivity contribution in [1.82, 2.24) is 19.6 Å². The zero-order valence-corrected chi connectivity index (χ0v) is 27.8. The zero-order valence-electron chi connectivity index (χ0n) is 26.2. The third kappa shape index (κ3) is 8.32. The average Bonchev–Trinajstić information content (AvgIpc) is 3.38. The van der Waals surface area contributed by atoms with Crippen LogP contribution in [0.2, 0.25) is 5.02 Å². The topological polar surface area (TPSA) is 160 Å². The molecule has 0 fully saturated rings. The van der Waals surface area contributed by atoms with E-state index in [1.54, 1.807) is 30.5 Å². The summed E-state index contributed by atoms with van der Waals surface area (Å²) in [5.74, 6) is 0.260. The van der Waals surface area contributed by atoms with Gasteiger partial charge in [-0.2, -0.15) is 5.09 Å². The number of nitrogens with zero attached hydrogens (tertiary/aromatic N) is 3. The monoisotopic (exact) mass is 661 g/mol. The van der Waals surface area contributed by atoms with Crippen molar-refractivity contribution >= 4 is 53.1 Å². The molecule has 4 rings (SSSR count). The number of imidazole rings is 1. The van der Waals surface area contributed by atoms with Crippen LogP contribution in [0.3, 0.4) is 0 Å². The lowest BCUT2D eigenvalue weighted by atomic mass is 10.0. The van der Waals surface area contributed by atoms with Crippen molar-refractivity contribution in [1.29, 1.82) is 0 Å². The molecule has 0 aliphatic heterocycles. The van der Waals surface area contributed by atoms with Crippen molar-refractivity contribution in [2.45, 2.75) is 78.4 Å². The van der Waals surface area contributed by atoms with E-state index in [0.717, 1.165) is 5.39 Å². The van der Waals surface area contributed by atoms with Gasteiger partial charge in [0.25, 0.3) is 0 Å². The lowest BCUT2D eigenvalue weighted by Gasteiger charge is -2.33. The average molecular weight is 662 g/mol. The first-order chi connectivity index (χ1) is 21.4. The van der Waals surface area contributed by atoms with Crippen LogP contribution in [0, 0.1) is 0 Å². The first kappa shape index (κ1) is 34.6. The minimum absolute atomic E-state index is 0.0253. The Labute approximate surface area is 267 Å². The Morgan fingerprint density at radius 1 is 1.11 bits per heavy atom. The predicted octanol–water partition coefficient (Wildman–Crippen LogP) is 6.33. The van der Waals surface area contributed by atoms with Crippen LogP contribution in [0.5, 0.6) is 5.75 Å². The van der Waals surface area contributed by atoms with Crippen LogP contribution in [0.15, 0.2) is 48.5 Å². The maximum Gasteiger partial charge on any atom is 0.459 e. The van der Waals surface area contributed by atoms with Crippen LogP contribution >= 0.6 is 19.3 Å². The summed E-state index contributed by atoms with van der Waals surface area (Å²) in [5.41, 5.74) is 6.47. The number of pyridine rings is 1. The number of nitrogen functional groups attached to an aromatic ring is 1. The van der Waals surface area contributed by atoms with Gasteiger partial charge in [-0.25, -0.2) is 14.5 Å². The summed E-state index contributed by atoms with van der Waals surface area (Å²) in [6, 6.07) is 12.7. The summed E-state index contributed by atoms with van der Waals surface area (Å²) < 4.78 is 38.5. The van der Waals surface area contributed by atoms with Gasteiger partial charge in [0.2, 0.25) is 0 Å². The molecule has 2 heterocycles. The SMILES string of the molecule is CCCC(O)(CCOP(=O)(N[C@@H](C)C(=O)OC(C)C)Oc1ccc(Cl)cc1)n1c(COCC)nc2c(N)nc3ccccc3c21. The van der Waals surface area contributed by atoms with Crippen LogP contribution in [-0.2, 0) is 35.7 Å². The highest BCUT2D eigenvalue weighted by atomic mass is 35.5. The molecule has 12 nitrogen and oxygen atoms in total. The van der Waals surface area contributed by atoms with Crippen LogP contribution in [0.25, 0.3) is 21.9 Å². The third-order valence-electron chi connectivity index (χ3n) is 6.95. The number of nitrogens with two attached hydrogens (primary N) is 1. The lowest BCUT2D eigenvalue weighted by Crippen LogP contribution is -2.38. The number of carbonyl (C=O) groups is 1. The standard InChI is InChI=1S/C31H41ClN5O7P/c1-6-16-31(39,37-26(19-41-7-2)35-27-28(37)24-10-8-9-11-25(24)34-29(27)33)17-18-42-45(40,36-21(5)30(38)43-20(3)4)44-23-14-12-22(32)13-15-23/h8-15,20-21,39H,6-7,16-19H2,1-5H3,(H2,33,34)(H,36,40)/t21-,31?,45?/m0/s1. The minimum Gasteiger partial charge on any atom is -0.462 e. The van der Waals surface area contributed by atoms with Crippen molar-refractivity contribution in [3.05, 3.63) is 59.4 Å². The highest BCUT2D eigenvalue weighted by Gasteiger charge is 2.37. The first-order valence-electron chi connectivity index (χ1n) is 14.9. The summed E-state index contributed by atoms with van der Waals surface area (Å²) in [6.07, 6.45) is 0.490. The second-order valence-corrected chi connectivity index (χ2v) is 13.0. The fraction of sp³-hybridized carbons (Fsp3) is 0.452. The number of benzene rings is 2. The number of hydrogen-bond donors (Lipinski definition) is 3. The number of rotatable bonds is 16. The largest absolute Gasteiger partial charge is 0.462 e. The summed E-state index contributed by atoms with van der Waals surface area (Å²) in [5, 5.41) is 16.3. The van der Waals surface area contributed by atoms with E-state index in [9.17, 15) is 14.5 Å².